The van der Waals surface area contributed by atoms with Gasteiger partial charge in [0.15, 0.2) is 11.9 Å². The third-order valence-corrected chi connectivity index (χ3v) is 4.47. The van der Waals surface area contributed by atoms with Crippen LogP contribution in [-0.2, 0) is 9.53 Å². The molecule has 1 aromatic rings. The molecule has 7 heteroatoms. The van der Waals surface area contributed by atoms with E-state index in [0.29, 0.717) is 23.0 Å². The Morgan fingerprint density at radius 2 is 1.72 bits per heavy atom. The van der Waals surface area contributed by atoms with Gasteiger partial charge in [-0.05, 0) is 24.6 Å². The predicted octanol–water partition coefficient (Wildman–Crippen LogP) is 3.64. The number of unbranched alkanes of at least 4 members (excludes halogenated alkanes) is 4. The number of esters is 1. The van der Waals surface area contributed by atoms with E-state index in [1.165, 1.54) is 18.2 Å². The number of quaternary nitrogens is 1. The van der Waals surface area contributed by atoms with Gasteiger partial charge in [0.25, 0.3) is 0 Å². The highest BCUT2D eigenvalue weighted by atomic mass is 16.5. The molecule has 1 atom stereocenters. The van der Waals surface area contributed by atoms with Gasteiger partial charge in [0.2, 0.25) is 0 Å². The molecule has 2 N–H and O–H groups in total. The zero-order chi connectivity index (χ0) is 22.0. The Kier molecular flexibility index (Phi) is 9.81. The van der Waals surface area contributed by atoms with Gasteiger partial charge in [-0.3, -0.25) is 9.59 Å². The summed E-state index contributed by atoms with van der Waals surface area (Å²) in [6, 6.07) is 4.12. The summed E-state index contributed by atoms with van der Waals surface area (Å²) in [5, 5.41) is 19.1. The Hall–Kier alpha value is -2.41. The lowest BCUT2D eigenvalue weighted by atomic mass is 10.0. The number of carboxylic acid groups (broad SMARTS) is 1. The molecule has 0 saturated carbocycles. The molecule has 0 radical (unpaired) electrons. The van der Waals surface area contributed by atoms with Gasteiger partial charge in [-0.2, -0.15) is 0 Å². The van der Waals surface area contributed by atoms with E-state index >= 15 is 0 Å². The molecular weight excluding hydrogens is 374 g/mol. The summed E-state index contributed by atoms with van der Waals surface area (Å²) in [4.78, 5) is 36.1. The van der Waals surface area contributed by atoms with E-state index in [4.69, 9.17) is 9.84 Å². The standard InChI is InChI=1S/C22H33NO6/c1-5-6-7-8-9-10-19(24)16-11-12-20(25)18(13-16)22(28)29-17(14-21(26)27)15-23(2,3)4/h11-13,17H,5-10,14-15H2,1-4H3,(H-,24,25,26,27,28)/p+1/t17-/m1/s1. The number of nitrogens with zero attached hydrogens (tertiary/aromatic N) is 1. The second-order valence-electron chi connectivity index (χ2n) is 8.42. The Morgan fingerprint density at radius 3 is 2.31 bits per heavy atom. The summed E-state index contributed by atoms with van der Waals surface area (Å²) >= 11 is 0. The summed E-state index contributed by atoms with van der Waals surface area (Å²) in [5.74, 6) is -2.30. The number of aliphatic carboxylic acids is 1. The van der Waals surface area contributed by atoms with Crippen LogP contribution < -0.4 is 0 Å². The van der Waals surface area contributed by atoms with E-state index in [1.54, 1.807) is 0 Å². The first-order valence-electron chi connectivity index (χ1n) is 10.1. The number of benzene rings is 1. The summed E-state index contributed by atoms with van der Waals surface area (Å²) in [6.07, 6.45) is 4.33. The van der Waals surface area contributed by atoms with Crippen molar-refractivity contribution in [3.63, 3.8) is 0 Å². The quantitative estimate of drug-likeness (QED) is 0.224. The van der Waals surface area contributed by atoms with Crippen molar-refractivity contribution in [2.45, 2.75) is 58.0 Å². The first-order chi connectivity index (χ1) is 13.5. The summed E-state index contributed by atoms with van der Waals surface area (Å²) < 4.78 is 5.77. The van der Waals surface area contributed by atoms with Crippen molar-refractivity contribution in [1.82, 2.24) is 0 Å². The van der Waals surface area contributed by atoms with Crippen molar-refractivity contribution >= 4 is 17.7 Å². The highest BCUT2D eigenvalue weighted by molar-refractivity contribution is 6.00. The summed E-state index contributed by atoms with van der Waals surface area (Å²) in [7, 11) is 5.58. The van der Waals surface area contributed by atoms with Gasteiger partial charge < -0.3 is 19.4 Å². The molecule has 0 aliphatic rings. The summed E-state index contributed by atoms with van der Waals surface area (Å²) in [6.45, 7) is 2.43. The van der Waals surface area contributed by atoms with Gasteiger partial charge in [-0.1, -0.05) is 32.6 Å². The fraction of sp³-hybridized carbons (Fsp3) is 0.591. The maximum absolute atomic E-state index is 12.6. The minimum absolute atomic E-state index is 0.0935. The van der Waals surface area contributed by atoms with Crippen LogP contribution in [0.2, 0.25) is 0 Å². The van der Waals surface area contributed by atoms with E-state index in [2.05, 4.69) is 6.92 Å². The minimum atomic E-state index is -1.08. The molecular formula is C22H34NO6+. The zero-order valence-corrected chi connectivity index (χ0v) is 17.9. The zero-order valence-electron chi connectivity index (χ0n) is 17.9. The predicted molar refractivity (Wildman–Crippen MR) is 110 cm³/mol. The third-order valence-electron chi connectivity index (χ3n) is 4.47. The van der Waals surface area contributed by atoms with E-state index in [1.807, 2.05) is 21.1 Å². The smallest absolute Gasteiger partial charge is 0.342 e. The Bertz CT molecular complexity index is 708. The molecule has 1 rings (SSSR count). The van der Waals surface area contributed by atoms with Crippen molar-refractivity contribution in [2.75, 3.05) is 27.7 Å². The number of hydrogen-bond acceptors (Lipinski definition) is 5. The van der Waals surface area contributed by atoms with Gasteiger partial charge in [0, 0.05) is 12.0 Å². The second kappa shape index (κ2) is 11.6. The normalized spacial score (nSPS) is 12.4. The fourth-order valence-electron chi connectivity index (χ4n) is 3.07. The van der Waals surface area contributed by atoms with Crippen LogP contribution in [0.1, 0.15) is 72.6 Å². The fourth-order valence-corrected chi connectivity index (χ4v) is 3.07. The van der Waals surface area contributed by atoms with E-state index in [9.17, 15) is 19.5 Å². The first-order valence-corrected chi connectivity index (χ1v) is 10.1. The molecule has 0 bridgehead atoms. The minimum Gasteiger partial charge on any atom is -0.507 e. The SMILES string of the molecule is CCCCCCCC(=O)c1ccc(O)c(C(=O)O[C@H](CC(=O)O)C[N+](C)(C)C)c1. The average Bonchev–Trinajstić information content (AvgIpc) is 2.59. The van der Waals surface area contributed by atoms with Crippen molar-refractivity contribution < 1.29 is 33.8 Å². The Labute approximate surface area is 172 Å². The number of rotatable bonds is 13. The molecule has 162 valence electrons. The van der Waals surface area contributed by atoms with Gasteiger partial charge in [0.1, 0.15) is 17.9 Å². The van der Waals surface area contributed by atoms with E-state index < -0.39 is 18.0 Å². The number of carboxylic acids is 1. The van der Waals surface area contributed by atoms with Crippen LogP contribution in [-0.4, -0.2) is 66.2 Å². The highest BCUT2D eigenvalue weighted by Crippen LogP contribution is 2.22. The molecule has 0 fully saturated rings. The number of phenols is 1. The lowest BCUT2D eigenvalue weighted by Gasteiger charge is -2.28. The van der Waals surface area contributed by atoms with Crippen LogP contribution in [0.4, 0.5) is 0 Å². The van der Waals surface area contributed by atoms with Crippen molar-refractivity contribution in [1.29, 1.82) is 0 Å². The van der Waals surface area contributed by atoms with Crippen LogP contribution in [0, 0.1) is 0 Å². The molecule has 0 spiro atoms. The number of ether oxygens (including phenoxy) is 1. The van der Waals surface area contributed by atoms with Crippen LogP contribution in [0.3, 0.4) is 0 Å². The topological polar surface area (TPSA) is 101 Å². The monoisotopic (exact) mass is 408 g/mol. The molecule has 29 heavy (non-hydrogen) atoms. The van der Waals surface area contributed by atoms with E-state index in [0.717, 1.165) is 32.1 Å². The van der Waals surface area contributed by atoms with Gasteiger partial charge in [-0.25, -0.2) is 4.79 Å². The molecule has 0 unspecified atom stereocenters. The number of carbonyl (C=O) groups is 3. The summed E-state index contributed by atoms with van der Waals surface area (Å²) in [5.41, 5.74) is 0.213. The van der Waals surface area contributed by atoms with Gasteiger partial charge >= 0.3 is 11.9 Å². The average molecular weight is 409 g/mol. The van der Waals surface area contributed by atoms with Crippen molar-refractivity contribution in [3.8, 4) is 5.75 Å². The van der Waals surface area contributed by atoms with Crippen molar-refractivity contribution in [3.05, 3.63) is 29.3 Å². The lowest BCUT2D eigenvalue weighted by molar-refractivity contribution is -0.873. The van der Waals surface area contributed by atoms with Gasteiger partial charge in [0.05, 0.1) is 27.6 Å². The number of ketones is 1. The molecule has 0 aromatic heterocycles. The van der Waals surface area contributed by atoms with Crippen LogP contribution >= 0.6 is 0 Å². The molecule has 0 saturated heterocycles. The van der Waals surface area contributed by atoms with Crippen LogP contribution in [0.5, 0.6) is 5.75 Å². The Morgan fingerprint density at radius 1 is 1.07 bits per heavy atom. The molecule has 0 aliphatic carbocycles. The number of likely N-dealkylation sites (N-methyl/N-ethyl adjacent to an activating group) is 1. The number of carbonyl (C=O) groups excluding carboxylic acids is 2. The maximum atomic E-state index is 12.6. The van der Waals surface area contributed by atoms with Crippen LogP contribution in [0.25, 0.3) is 0 Å². The van der Waals surface area contributed by atoms with Crippen LogP contribution in [0.15, 0.2) is 18.2 Å². The largest absolute Gasteiger partial charge is 0.507 e. The number of phenolic OH excluding ortho intramolecular Hbond substituents is 1. The number of Topliss-reactive ketones (excluding diaryl/α,β-unsaturated/α-hetero) is 1. The molecule has 7 nitrogen and oxygen atoms in total. The molecule has 0 aliphatic heterocycles. The lowest BCUT2D eigenvalue weighted by Crippen LogP contribution is -2.43. The first kappa shape index (κ1) is 24.6. The number of hydrogen-bond donors (Lipinski definition) is 2. The highest BCUT2D eigenvalue weighted by Gasteiger charge is 2.27. The molecule has 0 amide bonds. The van der Waals surface area contributed by atoms with Crippen molar-refractivity contribution in [2.24, 2.45) is 0 Å². The second-order valence-corrected chi connectivity index (χ2v) is 8.42. The molecule has 0 heterocycles. The van der Waals surface area contributed by atoms with E-state index in [-0.39, 0.29) is 23.5 Å². The molecule has 1 aromatic carbocycles. The third kappa shape index (κ3) is 9.56. The van der Waals surface area contributed by atoms with Gasteiger partial charge in [-0.15, -0.1) is 0 Å². The maximum Gasteiger partial charge on any atom is 0.342 e. The Balaban J connectivity index is 2.85. The number of aromatic hydroxyl groups is 1.